The summed E-state index contributed by atoms with van der Waals surface area (Å²) in [5.74, 6) is 1.69. The summed E-state index contributed by atoms with van der Waals surface area (Å²) in [5, 5.41) is 0.683. The third-order valence-corrected chi connectivity index (χ3v) is 4.96. The Hall–Kier alpha value is -1.69. The molecule has 1 aliphatic rings. The quantitative estimate of drug-likeness (QED) is 0.613. The van der Waals surface area contributed by atoms with E-state index >= 15 is 0 Å². The van der Waals surface area contributed by atoms with Gasteiger partial charge in [-0.1, -0.05) is 46.4 Å². The maximum atomic E-state index is 12.2. The number of hydrogen-bond acceptors (Lipinski definition) is 6. The summed E-state index contributed by atoms with van der Waals surface area (Å²) >= 11 is 1.53. The highest BCUT2D eigenvalue weighted by Crippen LogP contribution is 2.35. The molecule has 0 saturated heterocycles. The summed E-state index contributed by atoms with van der Waals surface area (Å²) in [6.07, 6.45) is 4.53. The van der Waals surface area contributed by atoms with Crippen LogP contribution in [0, 0.1) is 5.41 Å². The lowest BCUT2D eigenvalue weighted by Gasteiger charge is -2.29. The van der Waals surface area contributed by atoms with Crippen molar-refractivity contribution in [2.24, 2.45) is 5.41 Å². The van der Waals surface area contributed by atoms with Gasteiger partial charge in [-0.2, -0.15) is 0 Å². The molecule has 3 rings (SSSR count). The van der Waals surface area contributed by atoms with E-state index in [0.29, 0.717) is 22.9 Å². The molecule has 2 heterocycles. The van der Waals surface area contributed by atoms with Crippen LogP contribution in [0.25, 0.3) is 0 Å². The molecule has 2 aromatic heterocycles. The second-order valence-electron chi connectivity index (χ2n) is 8.12. The van der Waals surface area contributed by atoms with Gasteiger partial charge in [-0.25, -0.2) is 15.0 Å². The number of carbonyl (C=O) groups excluding carboxylic acids is 1. The number of fused-ring (bicyclic) bond motifs is 1. The maximum Gasteiger partial charge on any atom is 0.188 e. The maximum absolute atomic E-state index is 12.2. The lowest BCUT2D eigenvalue weighted by molar-refractivity contribution is 0.0909. The van der Waals surface area contributed by atoms with Gasteiger partial charge in [0.2, 0.25) is 0 Å². The number of hydrogen-bond donors (Lipinski definition) is 0. The number of nitrogens with zero attached hydrogens (tertiary/aromatic N) is 3. The number of rotatable bonds is 3. The molecule has 128 valence electrons. The van der Waals surface area contributed by atoms with Gasteiger partial charge in [-0.15, -0.1) is 0 Å². The minimum absolute atomic E-state index is 0.0358. The number of thioether (sulfide) groups is 1. The van der Waals surface area contributed by atoms with Crippen LogP contribution in [0.2, 0.25) is 0 Å². The van der Waals surface area contributed by atoms with E-state index in [0.717, 1.165) is 23.6 Å². The van der Waals surface area contributed by atoms with Gasteiger partial charge < -0.3 is 4.42 Å². The minimum atomic E-state index is -0.0838. The SMILES string of the molecule is CC1(C)CC(=O)c2cnc(SCc3ncoc3C(C)(C)C)nc2C1. The molecule has 0 atom stereocenters. The molecule has 1 aliphatic carbocycles. The first-order valence-electron chi connectivity index (χ1n) is 8.10. The molecule has 6 heteroatoms. The Balaban J connectivity index is 1.78. The first kappa shape index (κ1) is 17.1. The molecule has 0 aliphatic heterocycles. The molecular formula is C18H23N3O2S. The van der Waals surface area contributed by atoms with Crippen LogP contribution in [0.4, 0.5) is 0 Å². The van der Waals surface area contributed by atoms with Crippen LogP contribution in [0.1, 0.15) is 68.5 Å². The van der Waals surface area contributed by atoms with Crippen LogP contribution in [0.5, 0.6) is 0 Å². The first-order chi connectivity index (χ1) is 11.2. The highest BCUT2D eigenvalue weighted by Gasteiger charge is 2.32. The van der Waals surface area contributed by atoms with Crippen molar-refractivity contribution in [2.45, 2.75) is 63.8 Å². The summed E-state index contributed by atoms with van der Waals surface area (Å²) in [7, 11) is 0. The normalized spacial score (nSPS) is 17.0. The lowest BCUT2D eigenvalue weighted by Crippen LogP contribution is -2.28. The number of oxazole rings is 1. The van der Waals surface area contributed by atoms with Gasteiger partial charge in [0, 0.05) is 23.8 Å². The Bertz CT molecular complexity index is 775. The Morgan fingerprint density at radius 3 is 2.71 bits per heavy atom. The molecule has 0 aromatic carbocycles. The fourth-order valence-electron chi connectivity index (χ4n) is 3.00. The third-order valence-electron chi connectivity index (χ3n) is 4.09. The van der Waals surface area contributed by atoms with E-state index in [4.69, 9.17) is 4.42 Å². The van der Waals surface area contributed by atoms with Gasteiger partial charge in [-0.05, 0) is 11.8 Å². The van der Waals surface area contributed by atoms with E-state index in [1.165, 1.54) is 18.2 Å². The van der Waals surface area contributed by atoms with Gasteiger partial charge in [0.25, 0.3) is 0 Å². The van der Waals surface area contributed by atoms with E-state index in [-0.39, 0.29) is 16.6 Å². The van der Waals surface area contributed by atoms with Gasteiger partial charge in [0.05, 0.1) is 17.0 Å². The fraction of sp³-hybridized carbons (Fsp3) is 0.556. The molecule has 0 saturated carbocycles. The van der Waals surface area contributed by atoms with Crippen molar-refractivity contribution in [3.05, 3.63) is 35.3 Å². The smallest absolute Gasteiger partial charge is 0.188 e. The Labute approximate surface area is 146 Å². The van der Waals surface area contributed by atoms with Crippen LogP contribution in [-0.4, -0.2) is 20.7 Å². The van der Waals surface area contributed by atoms with Gasteiger partial charge >= 0.3 is 0 Å². The number of carbonyl (C=O) groups is 1. The summed E-state index contributed by atoms with van der Waals surface area (Å²) in [5.41, 5.74) is 2.34. The van der Waals surface area contributed by atoms with Crippen molar-refractivity contribution in [3.63, 3.8) is 0 Å². The lowest BCUT2D eigenvalue weighted by atomic mass is 9.76. The highest BCUT2D eigenvalue weighted by molar-refractivity contribution is 7.98. The zero-order valence-corrected chi connectivity index (χ0v) is 15.7. The average molecular weight is 345 g/mol. The first-order valence-corrected chi connectivity index (χ1v) is 9.09. The van der Waals surface area contributed by atoms with Crippen LogP contribution < -0.4 is 0 Å². The van der Waals surface area contributed by atoms with E-state index in [1.54, 1.807) is 6.20 Å². The number of aromatic nitrogens is 3. The summed E-state index contributed by atoms with van der Waals surface area (Å²) in [6, 6.07) is 0. The molecule has 0 spiro atoms. The van der Waals surface area contributed by atoms with Crippen molar-refractivity contribution in [1.29, 1.82) is 0 Å². The Kier molecular flexibility index (Phi) is 4.28. The standard InChI is InChI=1S/C18H23N3O2S/c1-17(2,3)15-13(20-10-23-15)9-24-16-19-8-11-12(21-16)6-18(4,5)7-14(11)22/h8,10H,6-7,9H2,1-5H3. The van der Waals surface area contributed by atoms with E-state index in [9.17, 15) is 4.79 Å². The largest absolute Gasteiger partial charge is 0.448 e. The molecule has 0 N–H and O–H groups in total. The van der Waals surface area contributed by atoms with Crippen molar-refractivity contribution < 1.29 is 9.21 Å². The predicted molar refractivity (Wildman–Crippen MR) is 93.2 cm³/mol. The molecule has 0 unspecified atom stereocenters. The van der Waals surface area contributed by atoms with Crippen LogP contribution in [0.15, 0.2) is 22.2 Å². The van der Waals surface area contributed by atoms with Crippen LogP contribution in [0.3, 0.4) is 0 Å². The monoisotopic (exact) mass is 345 g/mol. The Morgan fingerprint density at radius 1 is 1.25 bits per heavy atom. The molecule has 0 fully saturated rings. The molecule has 5 nitrogen and oxygen atoms in total. The van der Waals surface area contributed by atoms with Crippen LogP contribution in [-0.2, 0) is 17.6 Å². The topological polar surface area (TPSA) is 68.9 Å². The van der Waals surface area contributed by atoms with Gasteiger partial charge in [-0.3, -0.25) is 4.79 Å². The average Bonchev–Trinajstić information content (AvgIpc) is 2.92. The summed E-state index contributed by atoms with van der Waals surface area (Å²) in [6.45, 7) is 10.5. The van der Waals surface area contributed by atoms with E-state index < -0.39 is 0 Å². The van der Waals surface area contributed by atoms with Crippen LogP contribution >= 0.6 is 11.8 Å². The zero-order valence-electron chi connectivity index (χ0n) is 14.8. The van der Waals surface area contributed by atoms with E-state index in [1.807, 2.05) is 0 Å². The number of Topliss-reactive ketones (excluding diaryl/α,β-unsaturated/α-hetero) is 1. The second kappa shape index (κ2) is 5.99. The van der Waals surface area contributed by atoms with Crippen molar-refractivity contribution in [2.75, 3.05) is 0 Å². The fourth-order valence-corrected chi connectivity index (χ4v) is 3.77. The molecule has 24 heavy (non-hydrogen) atoms. The molecule has 2 aromatic rings. The minimum Gasteiger partial charge on any atom is -0.448 e. The molecule has 0 radical (unpaired) electrons. The van der Waals surface area contributed by atoms with Crippen molar-refractivity contribution >= 4 is 17.5 Å². The third kappa shape index (κ3) is 3.53. The molecular weight excluding hydrogens is 322 g/mol. The predicted octanol–water partition coefficient (Wildman–Crippen LogP) is 4.21. The van der Waals surface area contributed by atoms with Crippen molar-refractivity contribution in [3.8, 4) is 0 Å². The summed E-state index contributed by atoms with van der Waals surface area (Å²) < 4.78 is 5.54. The molecule has 0 amide bonds. The number of ketones is 1. The molecule has 0 bridgehead atoms. The van der Waals surface area contributed by atoms with E-state index in [2.05, 4.69) is 49.6 Å². The highest BCUT2D eigenvalue weighted by atomic mass is 32.2. The van der Waals surface area contributed by atoms with Gasteiger partial charge in [0.15, 0.2) is 17.3 Å². The van der Waals surface area contributed by atoms with Gasteiger partial charge in [0.1, 0.15) is 5.76 Å². The van der Waals surface area contributed by atoms with Crippen molar-refractivity contribution in [1.82, 2.24) is 15.0 Å². The zero-order chi connectivity index (χ0) is 17.5. The summed E-state index contributed by atoms with van der Waals surface area (Å²) in [4.78, 5) is 25.5. The second-order valence-corrected chi connectivity index (χ2v) is 9.06. The Morgan fingerprint density at radius 2 is 2.00 bits per heavy atom.